The van der Waals surface area contributed by atoms with Gasteiger partial charge in [0.15, 0.2) is 5.82 Å². The number of hydrogen-bond acceptors (Lipinski definition) is 5. The number of aliphatic hydroxyl groups excluding tert-OH is 1. The molecule has 0 aliphatic rings. The molecule has 0 saturated heterocycles. The maximum absolute atomic E-state index is 9.41. The number of fused-ring (bicyclic) bond motifs is 1. The van der Waals surface area contributed by atoms with Crippen molar-refractivity contribution in [3.05, 3.63) is 48.2 Å². The lowest BCUT2D eigenvalue weighted by atomic mass is 10.1. The Morgan fingerprint density at radius 3 is 2.69 bits per heavy atom. The standard InChI is InChI=1S/C20H27N5O/c1-3-4-5-17(9-13-26)24-20-19-18(22-15(2)23-20)8-12-25(19)14-16-6-10-21-11-7-16/h6-8,10-12,17,26H,3-5,9,13-14H2,1-2H3,(H,22,23,24)/t17-/m0/s1. The Bertz CT molecular complexity index is 831. The highest BCUT2D eigenvalue weighted by molar-refractivity contribution is 5.86. The molecule has 3 aromatic rings. The molecule has 26 heavy (non-hydrogen) atoms. The number of unbranched alkanes of at least 4 members (excludes halogenated alkanes) is 1. The van der Waals surface area contributed by atoms with Crippen molar-refractivity contribution in [2.75, 3.05) is 11.9 Å². The zero-order valence-electron chi connectivity index (χ0n) is 15.5. The topological polar surface area (TPSA) is 75.9 Å². The van der Waals surface area contributed by atoms with Gasteiger partial charge in [0, 0.05) is 37.8 Å². The van der Waals surface area contributed by atoms with Gasteiger partial charge in [-0.05, 0) is 43.5 Å². The summed E-state index contributed by atoms with van der Waals surface area (Å²) in [4.78, 5) is 13.3. The van der Waals surface area contributed by atoms with E-state index >= 15 is 0 Å². The van der Waals surface area contributed by atoms with Gasteiger partial charge in [-0.1, -0.05) is 19.8 Å². The van der Waals surface area contributed by atoms with Crippen molar-refractivity contribution in [1.29, 1.82) is 0 Å². The van der Waals surface area contributed by atoms with Gasteiger partial charge in [0.2, 0.25) is 0 Å². The van der Waals surface area contributed by atoms with Crippen molar-refractivity contribution in [1.82, 2.24) is 19.5 Å². The molecule has 3 rings (SSSR count). The molecule has 6 heteroatoms. The molecule has 0 aliphatic carbocycles. The first kappa shape index (κ1) is 18.3. The molecule has 0 spiro atoms. The first-order valence-electron chi connectivity index (χ1n) is 9.31. The third-order valence-electron chi connectivity index (χ3n) is 4.55. The van der Waals surface area contributed by atoms with Crippen LogP contribution in [0.15, 0.2) is 36.8 Å². The van der Waals surface area contributed by atoms with Crippen LogP contribution in [0.3, 0.4) is 0 Å². The van der Waals surface area contributed by atoms with E-state index in [4.69, 9.17) is 0 Å². The zero-order chi connectivity index (χ0) is 18.4. The minimum atomic E-state index is 0.173. The van der Waals surface area contributed by atoms with Gasteiger partial charge < -0.3 is 15.0 Å². The summed E-state index contributed by atoms with van der Waals surface area (Å²) < 4.78 is 2.17. The van der Waals surface area contributed by atoms with Gasteiger partial charge in [0.1, 0.15) is 11.3 Å². The average molecular weight is 353 g/mol. The number of rotatable bonds is 9. The maximum atomic E-state index is 9.41. The summed E-state index contributed by atoms with van der Waals surface area (Å²) in [5, 5.41) is 13.0. The van der Waals surface area contributed by atoms with Crippen LogP contribution in [-0.2, 0) is 6.54 Å². The Morgan fingerprint density at radius 1 is 1.15 bits per heavy atom. The van der Waals surface area contributed by atoms with E-state index in [0.29, 0.717) is 0 Å². The van der Waals surface area contributed by atoms with E-state index in [-0.39, 0.29) is 12.6 Å². The number of aryl methyl sites for hydroxylation is 1. The molecule has 1 atom stereocenters. The summed E-state index contributed by atoms with van der Waals surface area (Å²) >= 11 is 0. The highest BCUT2D eigenvalue weighted by atomic mass is 16.3. The van der Waals surface area contributed by atoms with E-state index in [9.17, 15) is 5.11 Å². The van der Waals surface area contributed by atoms with Gasteiger partial charge in [-0.2, -0.15) is 0 Å². The molecular weight excluding hydrogens is 326 g/mol. The summed E-state index contributed by atoms with van der Waals surface area (Å²) in [6.45, 7) is 5.01. The monoisotopic (exact) mass is 353 g/mol. The number of hydrogen-bond donors (Lipinski definition) is 2. The third-order valence-corrected chi connectivity index (χ3v) is 4.55. The van der Waals surface area contributed by atoms with Crippen LogP contribution in [0.25, 0.3) is 11.0 Å². The lowest BCUT2D eigenvalue weighted by Crippen LogP contribution is -2.22. The Morgan fingerprint density at radius 2 is 1.96 bits per heavy atom. The van der Waals surface area contributed by atoms with Crippen LogP contribution in [0, 0.1) is 6.92 Å². The first-order chi connectivity index (χ1) is 12.7. The summed E-state index contributed by atoms with van der Waals surface area (Å²) in [7, 11) is 0. The predicted molar refractivity (Wildman–Crippen MR) is 104 cm³/mol. The van der Waals surface area contributed by atoms with Crippen LogP contribution in [0.2, 0.25) is 0 Å². The van der Waals surface area contributed by atoms with Crippen molar-refractivity contribution < 1.29 is 5.11 Å². The Hall–Kier alpha value is -2.47. The number of nitrogens with one attached hydrogen (secondary N) is 1. The fraction of sp³-hybridized carbons (Fsp3) is 0.450. The molecule has 138 valence electrons. The van der Waals surface area contributed by atoms with E-state index in [2.05, 4.69) is 38.0 Å². The molecule has 0 saturated carbocycles. The highest BCUT2D eigenvalue weighted by Crippen LogP contribution is 2.24. The molecular formula is C20H27N5O. The molecule has 0 unspecified atom stereocenters. The largest absolute Gasteiger partial charge is 0.396 e. The van der Waals surface area contributed by atoms with E-state index < -0.39 is 0 Å². The molecule has 0 amide bonds. The van der Waals surface area contributed by atoms with E-state index in [1.165, 1.54) is 5.56 Å². The second-order valence-electron chi connectivity index (χ2n) is 6.65. The Balaban J connectivity index is 1.93. The third kappa shape index (κ3) is 4.38. The fourth-order valence-electron chi connectivity index (χ4n) is 3.23. The van der Waals surface area contributed by atoms with Gasteiger partial charge in [-0.25, -0.2) is 9.97 Å². The molecule has 0 radical (unpaired) electrons. The summed E-state index contributed by atoms with van der Waals surface area (Å²) in [6.07, 6.45) is 9.68. The minimum absolute atomic E-state index is 0.173. The smallest absolute Gasteiger partial charge is 0.154 e. The van der Waals surface area contributed by atoms with Crippen molar-refractivity contribution in [2.24, 2.45) is 0 Å². The molecule has 0 fully saturated rings. The normalized spacial score (nSPS) is 12.4. The van der Waals surface area contributed by atoms with Crippen LogP contribution in [0.5, 0.6) is 0 Å². The van der Waals surface area contributed by atoms with Crippen molar-refractivity contribution in [3.8, 4) is 0 Å². The maximum Gasteiger partial charge on any atom is 0.154 e. The second-order valence-corrected chi connectivity index (χ2v) is 6.65. The van der Waals surface area contributed by atoms with E-state index in [1.807, 2.05) is 37.5 Å². The quantitative estimate of drug-likeness (QED) is 0.615. The second kappa shape index (κ2) is 8.76. The lowest BCUT2D eigenvalue weighted by Gasteiger charge is -2.20. The molecule has 6 nitrogen and oxygen atoms in total. The van der Waals surface area contributed by atoms with Crippen LogP contribution in [-0.4, -0.2) is 37.3 Å². The van der Waals surface area contributed by atoms with E-state index in [0.717, 1.165) is 54.9 Å². The number of nitrogens with zero attached hydrogens (tertiary/aromatic N) is 4. The van der Waals surface area contributed by atoms with Crippen LogP contribution < -0.4 is 5.32 Å². The number of aromatic nitrogens is 4. The highest BCUT2D eigenvalue weighted by Gasteiger charge is 2.15. The Labute approximate surface area is 154 Å². The first-order valence-corrected chi connectivity index (χ1v) is 9.31. The van der Waals surface area contributed by atoms with Gasteiger partial charge in [-0.15, -0.1) is 0 Å². The number of aliphatic hydroxyl groups is 1. The van der Waals surface area contributed by atoms with Gasteiger partial charge in [-0.3, -0.25) is 4.98 Å². The van der Waals surface area contributed by atoms with E-state index in [1.54, 1.807) is 0 Å². The minimum Gasteiger partial charge on any atom is -0.396 e. The molecule has 3 heterocycles. The summed E-state index contributed by atoms with van der Waals surface area (Å²) in [5.74, 6) is 1.60. The van der Waals surface area contributed by atoms with Crippen LogP contribution in [0.4, 0.5) is 5.82 Å². The zero-order valence-corrected chi connectivity index (χ0v) is 15.5. The Kier molecular flexibility index (Phi) is 6.17. The van der Waals surface area contributed by atoms with Crippen molar-refractivity contribution >= 4 is 16.9 Å². The van der Waals surface area contributed by atoms with Crippen molar-refractivity contribution in [2.45, 2.75) is 52.1 Å². The molecule has 0 bridgehead atoms. The van der Waals surface area contributed by atoms with Gasteiger partial charge in [0.25, 0.3) is 0 Å². The predicted octanol–water partition coefficient (Wildman–Crippen LogP) is 3.54. The molecule has 0 aromatic carbocycles. The fourth-order valence-corrected chi connectivity index (χ4v) is 3.23. The SMILES string of the molecule is CCCC[C@@H](CCO)Nc1nc(C)nc2ccn(Cc3ccncc3)c12. The summed E-state index contributed by atoms with van der Waals surface area (Å²) in [5.41, 5.74) is 3.13. The van der Waals surface area contributed by atoms with Crippen molar-refractivity contribution in [3.63, 3.8) is 0 Å². The molecule has 3 aromatic heterocycles. The average Bonchev–Trinajstić information content (AvgIpc) is 3.03. The van der Waals surface area contributed by atoms with Gasteiger partial charge >= 0.3 is 0 Å². The number of pyridine rings is 1. The summed E-state index contributed by atoms with van der Waals surface area (Å²) in [6, 6.07) is 6.28. The lowest BCUT2D eigenvalue weighted by molar-refractivity contribution is 0.276. The molecule has 0 aliphatic heterocycles. The van der Waals surface area contributed by atoms with Crippen LogP contribution in [0.1, 0.15) is 44.0 Å². The van der Waals surface area contributed by atoms with Crippen LogP contribution >= 0.6 is 0 Å². The molecule has 2 N–H and O–H groups in total. The van der Waals surface area contributed by atoms with Gasteiger partial charge in [0.05, 0.1) is 5.52 Å². The number of anilines is 1.